The molecule has 18 heavy (non-hydrogen) atoms. The van der Waals surface area contributed by atoms with Crippen LogP contribution >= 0.6 is 0 Å². The fourth-order valence-corrected chi connectivity index (χ4v) is 2.24. The molecule has 2 amide bonds. The fourth-order valence-electron chi connectivity index (χ4n) is 2.24. The third-order valence-corrected chi connectivity index (χ3v) is 3.21. The number of anilines is 1. The molecule has 1 atom stereocenters. The summed E-state index contributed by atoms with van der Waals surface area (Å²) in [5.41, 5.74) is 7.29. The third kappa shape index (κ3) is 1.62. The van der Waals surface area contributed by atoms with Crippen LogP contribution < -0.4 is 11.1 Å². The van der Waals surface area contributed by atoms with Gasteiger partial charge in [0.25, 0.3) is 0 Å². The fraction of sp³-hybridized carbons (Fsp3) is 0.250. The van der Waals surface area contributed by atoms with Gasteiger partial charge in [0.2, 0.25) is 11.8 Å². The molecule has 3 rings (SSSR count). The van der Waals surface area contributed by atoms with Crippen LogP contribution in [0.3, 0.4) is 0 Å². The highest BCUT2D eigenvalue weighted by molar-refractivity contribution is 6.01. The number of amides is 2. The van der Waals surface area contributed by atoms with Gasteiger partial charge in [0.15, 0.2) is 0 Å². The smallest absolute Gasteiger partial charge is 0.234 e. The van der Waals surface area contributed by atoms with E-state index in [-0.39, 0.29) is 17.7 Å². The van der Waals surface area contributed by atoms with E-state index in [0.29, 0.717) is 24.3 Å². The van der Waals surface area contributed by atoms with E-state index < -0.39 is 0 Å². The summed E-state index contributed by atoms with van der Waals surface area (Å²) in [5, 5.41) is 2.35. The number of carbonyl (C=O) groups excluding carboxylic acids is 2. The minimum atomic E-state index is -0.286. The molecule has 1 unspecified atom stereocenters. The lowest BCUT2D eigenvalue weighted by Gasteiger charge is -2.21. The molecule has 6 nitrogen and oxygen atoms in total. The van der Waals surface area contributed by atoms with Crippen LogP contribution in [0.5, 0.6) is 0 Å². The molecule has 0 saturated carbocycles. The first-order valence-corrected chi connectivity index (χ1v) is 5.71. The summed E-state index contributed by atoms with van der Waals surface area (Å²) in [5.74, 6) is -0.178. The van der Waals surface area contributed by atoms with Crippen LogP contribution in [0.1, 0.15) is 24.3 Å². The first-order valence-electron chi connectivity index (χ1n) is 5.71. The molecule has 1 aliphatic heterocycles. The molecule has 0 aromatic carbocycles. The zero-order chi connectivity index (χ0) is 12.7. The molecule has 0 radical (unpaired) electrons. The zero-order valence-electron chi connectivity index (χ0n) is 9.59. The van der Waals surface area contributed by atoms with E-state index in [1.54, 1.807) is 16.8 Å². The molecular formula is C12H12N4O2. The summed E-state index contributed by atoms with van der Waals surface area (Å²) < 4.78 is 1.75. The average molecular weight is 244 g/mol. The van der Waals surface area contributed by atoms with Gasteiger partial charge in [0.05, 0.1) is 12.1 Å². The predicted molar refractivity (Wildman–Crippen MR) is 64.7 cm³/mol. The second kappa shape index (κ2) is 3.83. The summed E-state index contributed by atoms with van der Waals surface area (Å²) in [6.07, 6.45) is 4.27. The van der Waals surface area contributed by atoms with E-state index in [0.717, 1.165) is 5.56 Å². The van der Waals surface area contributed by atoms with Crippen molar-refractivity contribution in [2.45, 2.75) is 18.8 Å². The number of imidazole rings is 1. The van der Waals surface area contributed by atoms with E-state index in [1.165, 1.54) is 0 Å². The molecule has 3 N–H and O–H groups in total. The van der Waals surface area contributed by atoms with Gasteiger partial charge in [-0.1, -0.05) is 0 Å². The van der Waals surface area contributed by atoms with E-state index in [1.807, 2.05) is 12.1 Å². The highest BCUT2D eigenvalue weighted by Gasteiger charge is 2.28. The van der Waals surface area contributed by atoms with Crippen LogP contribution in [0.15, 0.2) is 24.5 Å². The Labute approximate surface area is 103 Å². The molecule has 0 spiro atoms. The first-order chi connectivity index (χ1) is 8.65. The number of nitrogens with zero attached hydrogens (tertiary/aromatic N) is 2. The molecule has 0 bridgehead atoms. The zero-order valence-corrected chi connectivity index (χ0v) is 9.59. The van der Waals surface area contributed by atoms with E-state index in [2.05, 4.69) is 10.3 Å². The topological polar surface area (TPSA) is 89.5 Å². The maximum atomic E-state index is 11.8. The van der Waals surface area contributed by atoms with Crippen molar-refractivity contribution in [3.05, 3.63) is 30.1 Å². The van der Waals surface area contributed by atoms with Crippen LogP contribution in [0.25, 0.3) is 5.65 Å². The van der Waals surface area contributed by atoms with Crippen LogP contribution in [0, 0.1) is 0 Å². The van der Waals surface area contributed by atoms with E-state index in [4.69, 9.17) is 5.73 Å². The lowest BCUT2D eigenvalue weighted by atomic mass is 9.91. The second-order valence-corrected chi connectivity index (χ2v) is 4.38. The summed E-state index contributed by atoms with van der Waals surface area (Å²) in [6, 6.07) is 3.67. The largest absolute Gasteiger partial charge is 0.383 e. The van der Waals surface area contributed by atoms with E-state index >= 15 is 0 Å². The number of piperidine rings is 1. The molecule has 2 aromatic rings. The molecule has 1 fully saturated rings. The number of nitrogens with two attached hydrogens (primary N) is 1. The van der Waals surface area contributed by atoms with Crippen molar-refractivity contribution in [1.82, 2.24) is 14.7 Å². The maximum absolute atomic E-state index is 11.8. The van der Waals surface area contributed by atoms with Crippen LogP contribution in [0.4, 0.5) is 5.82 Å². The van der Waals surface area contributed by atoms with Crippen molar-refractivity contribution in [2.75, 3.05) is 5.73 Å². The second-order valence-electron chi connectivity index (χ2n) is 4.38. The Hall–Kier alpha value is -2.37. The predicted octanol–water partition coefficient (Wildman–Crippen LogP) is 0.437. The lowest BCUT2D eigenvalue weighted by molar-refractivity contribution is -0.134. The van der Waals surface area contributed by atoms with E-state index in [9.17, 15) is 9.59 Å². The summed E-state index contributed by atoms with van der Waals surface area (Å²) in [7, 11) is 0. The van der Waals surface area contributed by atoms with Gasteiger partial charge in [0, 0.05) is 12.6 Å². The van der Waals surface area contributed by atoms with Gasteiger partial charge in [-0.25, -0.2) is 4.98 Å². The number of nitrogens with one attached hydrogen (secondary N) is 1. The monoisotopic (exact) mass is 244 g/mol. The Bertz CT molecular complexity index is 647. The third-order valence-electron chi connectivity index (χ3n) is 3.21. The first kappa shape index (κ1) is 10.8. The Morgan fingerprint density at radius 3 is 3.06 bits per heavy atom. The Morgan fingerprint density at radius 2 is 2.28 bits per heavy atom. The highest BCUT2D eigenvalue weighted by Crippen LogP contribution is 2.25. The van der Waals surface area contributed by atoms with Gasteiger partial charge in [-0.15, -0.1) is 0 Å². The van der Waals surface area contributed by atoms with Crippen LogP contribution in [0.2, 0.25) is 0 Å². The number of fused-ring (bicyclic) bond motifs is 1. The number of hydrogen-bond donors (Lipinski definition) is 2. The average Bonchev–Trinajstić information content (AvgIpc) is 2.71. The number of carbonyl (C=O) groups is 2. The van der Waals surface area contributed by atoms with Crippen LogP contribution in [-0.4, -0.2) is 21.2 Å². The molecule has 1 saturated heterocycles. The molecule has 6 heteroatoms. The standard InChI is InChI=1S/C12H12N4O2/c13-9-6-14-10-5-7(3-4-16(9)10)8-1-2-11(17)15-12(8)18/h3-6,8H,1-2,13H2,(H,15,17,18). The van der Waals surface area contributed by atoms with Crippen molar-refractivity contribution < 1.29 is 9.59 Å². The number of rotatable bonds is 1. The Kier molecular flexibility index (Phi) is 2.29. The minimum Gasteiger partial charge on any atom is -0.383 e. The van der Waals surface area contributed by atoms with Gasteiger partial charge in [-0.3, -0.25) is 19.3 Å². The maximum Gasteiger partial charge on any atom is 0.234 e. The minimum absolute atomic E-state index is 0.206. The van der Waals surface area contributed by atoms with Gasteiger partial charge in [0.1, 0.15) is 11.5 Å². The normalized spacial score (nSPS) is 20.1. The van der Waals surface area contributed by atoms with Gasteiger partial charge in [-0.2, -0.15) is 0 Å². The van der Waals surface area contributed by atoms with Crippen molar-refractivity contribution in [3.8, 4) is 0 Å². The van der Waals surface area contributed by atoms with Crippen molar-refractivity contribution >= 4 is 23.3 Å². The number of hydrogen-bond acceptors (Lipinski definition) is 4. The molecule has 92 valence electrons. The quantitative estimate of drug-likeness (QED) is 0.712. The molecular weight excluding hydrogens is 232 g/mol. The summed E-state index contributed by atoms with van der Waals surface area (Å²) in [6.45, 7) is 0. The number of aromatic nitrogens is 2. The van der Waals surface area contributed by atoms with Gasteiger partial charge in [-0.05, 0) is 24.1 Å². The van der Waals surface area contributed by atoms with Crippen LogP contribution in [-0.2, 0) is 9.59 Å². The van der Waals surface area contributed by atoms with Gasteiger partial charge < -0.3 is 5.73 Å². The Morgan fingerprint density at radius 1 is 1.44 bits per heavy atom. The molecule has 2 aromatic heterocycles. The van der Waals surface area contributed by atoms with Crippen molar-refractivity contribution in [3.63, 3.8) is 0 Å². The summed E-state index contributed by atoms with van der Waals surface area (Å²) in [4.78, 5) is 27.0. The highest BCUT2D eigenvalue weighted by atomic mass is 16.2. The summed E-state index contributed by atoms with van der Waals surface area (Å²) >= 11 is 0. The lowest BCUT2D eigenvalue weighted by Crippen LogP contribution is -2.39. The molecule has 3 heterocycles. The van der Waals surface area contributed by atoms with Crippen molar-refractivity contribution in [1.29, 1.82) is 0 Å². The van der Waals surface area contributed by atoms with Crippen molar-refractivity contribution in [2.24, 2.45) is 0 Å². The number of imide groups is 1. The molecule has 0 aliphatic carbocycles. The SMILES string of the molecule is Nc1cnc2cc(C3CCC(=O)NC3=O)ccn12. The Balaban J connectivity index is 1.99. The number of nitrogen functional groups attached to an aromatic ring is 1. The number of pyridine rings is 1. The van der Waals surface area contributed by atoms with Gasteiger partial charge >= 0.3 is 0 Å². The molecule has 1 aliphatic rings.